The number of carbonyl (C=O) groups excluding carboxylic acids is 2. The lowest BCUT2D eigenvalue weighted by Gasteiger charge is -2.46. The topological polar surface area (TPSA) is 103 Å². The number of H-pyrrole nitrogens is 1. The van der Waals surface area contributed by atoms with E-state index in [1.807, 2.05) is 24.8 Å². The predicted molar refractivity (Wildman–Crippen MR) is 112 cm³/mol. The van der Waals surface area contributed by atoms with Crippen molar-refractivity contribution in [2.45, 2.75) is 58.5 Å². The molecule has 2 amide bonds. The molecule has 3 N–H and O–H groups in total. The van der Waals surface area contributed by atoms with Crippen LogP contribution in [0.15, 0.2) is 16.8 Å². The molecule has 2 aromatic heterocycles. The molecular formula is C22H31N5O3. The molecule has 1 saturated heterocycles. The average Bonchev–Trinajstić information content (AvgIpc) is 3.32. The lowest BCUT2D eigenvalue weighted by atomic mass is 9.78. The number of aryl methyl sites for hydroxylation is 2. The smallest absolute Gasteiger partial charge is 0.257 e. The molecule has 8 heteroatoms. The minimum absolute atomic E-state index is 0.00323. The molecule has 4 heterocycles. The van der Waals surface area contributed by atoms with Crippen LogP contribution in [0, 0.1) is 19.8 Å². The highest BCUT2D eigenvalue weighted by atomic mass is 16.3. The van der Waals surface area contributed by atoms with E-state index in [2.05, 4.69) is 34.4 Å². The first-order valence-corrected chi connectivity index (χ1v) is 10.7. The maximum Gasteiger partial charge on any atom is 0.257 e. The summed E-state index contributed by atoms with van der Waals surface area (Å²) in [6, 6.07) is 1.50. The Morgan fingerprint density at radius 3 is 2.70 bits per heavy atom. The number of hydrogen-bond acceptors (Lipinski definition) is 5. The molecule has 1 fully saturated rings. The van der Waals surface area contributed by atoms with E-state index in [9.17, 15) is 9.59 Å². The molecule has 162 valence electrons. The Kier molecular flexibility index (Phi) is 5.44. The summed E-state index contributed by atoms with van der Waals surface area (Å²) >= 11 is 0. The van der Waals surface area contributed by atoms with Crippen molar-refractivity contribution < 1.29 is 14.0 Å². The van der Waals surface area contributed by atoms with Crippen LogP contribution in [0.4, 0.5) is 0 Å². The summed E-state index contributed by atoms with van der Waals surface area (Å²) < 4.78 is 5.53. The van der Waals surface area contributed by atoms with Crippen LogP contribution >= 0.6 is 0 Å². The number of rotatable bonds is 4. The van der Waals surface area contributed by atoms with Gasteiger partial charge in [0.1, 0.15) is 11.5 Å². The Morgan fingerprint density at radius 2 is 2.07 bits per heavy atom. The van der Waals surface area contributed by atoms with Crippen molar-refractivity contribution in [1.82, 2.24) is 25.5 Å². The zero-order valence-electron chi connectivity index (χ0n) is 18.2. The summed E-state index contributed by atoms with van der Waals surface area (Å²) in [5.74, 6) is 1.83. The Labute approximate surface area is 176 Å². The maximum atomic E-state index is 13.0. The number of piperidine rings is 1. The number of aromatic amines is 1. The van der Waals surface area contributed by atoms with Gasteiger partial charge < -0.3 is 19.6 Å². The van der Waals surface area contributed by atoms with E-state index in [-0.39, 0.29) is 17.9 Å². The lowest BCUT2D eigenvalue weighted by molar-refractivity contribution is -0.124. The van der Waals surface area contributed by atoms with Crippen LogP contribution in [-0.2, 0) is 16.8 Å². The summed E-state index contributed by atoms with van der Waals surface area (Å²) in [5, 5.41) is 6.64. The van der Waals surface area contributed by atoms with Crippen molar-refractivity contribution in [2.75, 3.05) is 19.6 Å². The van der Waals surface area contributed by atoms with Gasteiger partial charge in [-0.2, -0.15) is 0 Å². The van der Waals surface area contributed by atoms with Gasteiger partial charge in [0.05, 0.1) is 29.2 Å². The molecule has 0 bridgehead atoms. The SMILES string of the molecule is Cc1cc(C(=O)N2CCC3(CC2)N[C@H](C(=O)NCC(C)C)Cc2[nH]cnc23)c(C)o1. The van der Waals surface area contributed by atoms with E-state index in [4.69, 9.17) is 4.42 Å². The van der Waals surface area contributed by atoms with Crippen LogP contribution in [0.25, 0.3) is 0 Å². The van der Waals surface area contributed by atoms with E-state index in [0.29, 0.717) is 56.1 Å². The van der Waals surface area contributed by atoms with Gasteiger partial charge in [-0.05, 0) is 38.7 Å². The van der Waals surface area contributed by atoms with Gasteiger partial charge in [-0.3, -0.25) is 14.9 Å². The third-order valence-electron chi connectivity index (χ3n) is 6.21. The van der Waals surface area contributed by atoms with E-state index in [0.717, 1.165) is 17.1 Å². The fourth-order valence-corrected chi connectivity index (χ4v) is 4.62. The highest BCUT2D eigenvalue weighted by molar-refractivity contribution is 5.95. The van der Waals surface area contributed by atoms with Crippen molar-refractivity contribution >= 4 is 11.8 Å². The molecule has 1 spiro atoms. The molecule has 0 aliphatic carbocycles. The first kappa shape index (κ1) is 20.7. The summed E-state index contributed by atoms with van der Waals surface area (Å²) in [7, 11) is 0. The number of nitrogens with one attached hydrogen (secondary N) is 3. The maximum absolute atomic E-state index is 13.0. The first-order valence-electron chi connectivity index (χ1n) is 10.7. The Morgan fingerprint density at radius 1 is 1.33 bits per heavy atom. The van der Waals surface area contributed by atoms with E-state index >= 15 is 0 Å². The quantitative estimate of drug-likeness (QED) is 0.712. The third kappa shape index (κ3) is 3.76. The van der Waals surface area contributed by atoms with Crippen molar-refractivity contribution in [1.29, 1.82) is 0 Å². The van der Waals surface area contributed by atoms with Crippen LogP contribution in [0.3, 0.4) is 0 Å². The molecule has 2 aliphatic heterocycles. The van der Waals surface area contributed by atoms with Gasteiger partial charge >= 0.3 is 0 Å². The average molecular weight is 414 g/mol. The molecule has 2 aromatic rings. The van der Waals surface area contributed by atoms with Gasteiger partial charge in [0.15, 0.2) is 0 Å². The molecule has 2 aliphatic rings. The highest BCUT2D eigenvalue weighted by Gasteiger charge is 2.46. The molecule has 1 atom stereocenters. The predicted octanol–water partition coefficient (Wildman–Crippen LogP) is 2.04. The summed E-state index contributed by atoms with van der Waals surface area (Å²) in [6.07, 6.45) is 3.72. The highest BCUT2D eigenvalue weighted by Crippen LogP contribution is 2.38. The molecule has 0 radical (unpaired) electrons. The Balaban J connectivity index is 1.49. The standard InChI is InChI=1S/C22H31N5O3/c1-13(2)11-23-20(28)18-10-17-19(25-12-24-17)22(26-18)5-7-27(8-6-22)21(29)16-9-14(3)30-15(16)4/h9,12-13,18,26H,5-8,10-11H2,1-4H3,(H,23,28)(H,24,25)/t18-/m0/s1. The second kappa shape index (κ2) is 7.91. The van der Waals surface area contributed by atoms with Gasteiger partial charge in [-0.15, -0.1) is 0 Å². The Hall–Kier alpha value is -2.61. The zero-order valence-corrected chi connectivity index (χ0v) is 18.2. The first-order chi connectivity index (χ1) is 14.3. The minimum Gasteiger partial charge on any atom is -0.466 e. The fourth-order valence-electron chi connectivity index (χ4n) is 4.62. The number of nitrogens with zero attached hydrogens (tertiary/aromatic N) is 2. The van der Waals surface area contributed by atoms with E-state index < -0.39 is 5.54 Å². The molecule has 0 saturated carbocycles. The summed E-state index contributed by atoms with van der Waals surface area (Å²) in [5.41, 5.74) is 2.23. The van der Waals surface area contributed by atoms with Crippen molar-refractivity contribution in [3.05, 3.63) is 40.9 Å². The molecule has 8 nitrogen and oxygen atoms in total. The van der Waals surface area contributed by atoms with E-state index in [1.165, 1.54) is 0 Å². The Bertz CT molecular complexity index is 936. The number of amides is 2. The van der Waals surface area contributed by atoms with Gasteiger partial charge in [0, 0.05) is 31.7 Å². The zero-order chi connectivity index (χ0) is 21.5. The van der Waals surface area contributed by atoms with E-state index in [1.54, 1.807) is 6.33 Å². The summed E-state index contributed by atoms with van der Waals surface area (Å²) in [4.78, 5) is 35.4. The number of hydrogen-bond donors (Lipinski definition) is 3. The van der Waals surface area contributed by atoms with Crippen LogP contribution < -0.4 is 10.6 Å². The second-order valence-electron chi connectivity index (χ2n) is 8.97. The molecule has 30 heavy (non-hydrogen) atoms. The number of likely N-dealkylation sites (tertiary alicyclic amines) is 1. The van der Waals surface area contributed by atoms with Crippen molar-refractivity contribution in [3.63, 3.8) is 0 Å². The van der Waals surface area contributed by atoms with Gasteiger partial charge in [-0.25, -0.2) is 4.98 Å². The lowest BCUT2D eigenvalue weighted by Crippen LogP contribution is -2.62. The molecular weight excluding hydrogens is 382 g/mol. The minimum atomic E-state index is -0.397. The monoisotopic (exact) mass is 413 g/mol. The fraction of sp³-hybridized carbons (Fsp3) is 0.591. The largest absolute Gasteiger partial charge is 0.466 e. The van der Waals surface area contributed by atoms with Crippen molar-refractivity contribution in [2.24, 2.45) is 5.92 Å². The van der Waals surface area contributed by atoms with Gasteiger partial charge in [0.2, 0.25) is 5.91 Å². The number of furan rings is 1. The molecule has 0 aromatic carbocycles. The van der Waals surface area contributed by atoms with Crippen LogP contribution in [0.5, 0.6) is 0 Å². The van der Waals surface area contributed by atoms with Crippen LogP contribution in [0.2, 0.25) is 0 Å². The van der Waals surface area contributed by atoms with Crippen LogP contribution in [0.1, 0.15) is 60.0 Å². The second-order valence-corrected chi connectivity index (χ2v) is 8.97. The third-order valence-corrected chi connectivity index (χ3v) is 6.21. The van der Waals surface area contributed by atoms with Gasteiger partial charge in [-0.1, -0.05) is 13.8 Å². The molecule has 0 unspecified atom stereocenters. The number of fused-ring (bicyclic) bond motifs is 2. The van der Waals surface area contributed by atoms with Crippen LogP contribution in [-0.4, -0.2) is 52.4 Å². The molecule has 4 rings (SSSR count). The van der Waals surface area contributed by atoms with Gasteiger partial charge in [0.25, 0.3) is 5.91 Å². The number of imidazole rings is 1. The normalized spacial score (nSPS) is 20.4. The number of carbonyl (C=O) groups is 2. The van der Waals surface area contributed by atoms with Crippen molar-refractivity contribution in [3.8, 4) is 0 Å². The summed E-state index contributed by atoms with van der Waals surface area (Å²) in [6.45, 7) is 9.70. The number of aromatic nitrogens is 2.